The Morgan fingerprint density at radius 3 is 2.43 bits per heavy atom. The van der Waals surface area contributed by atoms with Gasteiger partial charge in [-0.1, -0.05) is 24.8 Å². The minimum atomic E-state index is -4.36. The number of carbonyl (C=O) groups is 1. The van der Waals surface area contributed by atoms with Crippen LogP contribution in [-0.4, -0.2) is 34.1 Å². The van der Waals surface area contributed by atoms with E-state index in [1.165, 1.54) is 12.3 Å². The monoisotopic (exact) mass is 417 g/mol. The Labute approximate surface area is 172 Å². The number of alkyl halides is 3. The minimum absolute atomic E-state index is 0.150. The van der Waals surface area contributed by atoms with E-state index in [9.17, 15) is 23.1 Å². The highest BCUT2D eigenvalue weighted by molar-refractivity contribution is 5.91. The number of pyridine rings is 1. The van der Waals surface area contributed by atoms with Crippen LogP contribution in [0.2, 0.25) is 0 Å². The fourth-order valence-electron chi connectivity index (χ4n) is 4.75. The molecule has 2 amide bonds. The van der Waals surface area contributed by atoms with Crippen molar-refractivity contribution in [3.05, 3.63) is 65.9 Å². The lowest BCUT2D eigenvalue weighted by molar-refractivity contribution is -0.138. The van der Waals surface area contributed by atoms with E-state index in [1.807, 2.05) is 0 Å². The zero-order valence-electron chi connectivity index (χ0n) is 16.2. The molecule has 8 heteroatoms. The number of aliphatic hydroxyl groups excluding tert-OH is 1. The van der Waals surface area contributed by atoms with E-state index in [4.69, 9.17) is 0 Å². The number of aliphatic hydroxyl groups is 1. The molecule has 0 spiro atoms. The summed E-state index contributed by atoms with van der Waals surface area (Å²) >= 11 is 0. The van der Waals surface area contributed by atoms with Gasteiger partial charge < -0.3 is 10.0 Å². The fourth-order valence-corrected chi connectivity index (χ4v) is 4.75. The predicted molar refractivity (Wildman–Crippen MR) is 107 cm³/mol. The first-order chi connectivity index (χ1) is 14.2. The molecule has 158 valence electrons. The first-order valence-electron chi connectivity index (χ1n) is 9.79. The number of benzene rings is 1. The van der Waals surface area contributed by atoms with Crippen LogP contribution in [0.4, 0.5) is 23.8 Å². The number of likely N-dealkylation sites (tertiary alicyclic amines) is 1. The third-order valence-corrected chi connectivity index (χ3v) is 6.09. The summed E-state index contributed by atoms with van der Waals surface area (Å²) in [6, 6.07) is 8.68. The highest BCUT2D eigenvalue weighted by atomic mass is 19.4. The van der Waals surface area contributed by atoms with Crippen molar-refractivity contribution in [2.45, 2.75) is 24.9 Å². The standard InChI is InChI=1S/C22H22F3N3O2/c1-13(29)17-6-4-8-26-20(17)27-21(30)28-11-15-9-14(10-16(15)12-28)18-5-2-3-7-19(18)22(23,24)25/h2-8,14-16,29H,1,9-12H2,(H,26,27,30)/t14-,15-,16+. The molecule has 1 aromatic carbocycles. The number of hydrogen-bond donors (Lipinski definition) is 2. The topological polar surface area (TPSA) is 65.5 Å². The highest BCUT2D eigenvalue weighted by Crippen LogP contribution is 2.48. The molecular formula is C22H22F3N3O2. The van der Waals surface area contributed by atoms with Gasteiger partial charge in [0.25, 0.3) is 0 Å². The number of amides is 2. The summed E-state index contributed by atoms with van der Waals surface area (Å²) in [5.74, 6) is 0.214. The summed E-state index contributed by atoms with van der Waals surface area (Å²) in [6.45, 7) is 4.45. The first kappa shape index (κ1) is 20.3. The smallest absolute Gasteiger partial charge is 0.416 e. The van der Waals surface area contributed by atoms with Crippen LogP contribution in [0.15, 0.2) is 49.2 Å². The number of halogens is 3. The maximum atomic E-state index is 13.4. The van der Waals surface area contributed by atoms with Gasteiger partial charge in [-0.3, -0.25) is 5.32 Å². The largest absolute Gasteiger partial charge is 0.508 e. The number of rotatable bonds is 3. The van der Waals surface area contributed by atoms with Crippen molar-refractivity contribution >= 4 is 17.6 Å². The molecule has 2 heterocycles. The lowest BCUT2D eigenvalue weighted by Gasteiger charge is -2.22. The Kier molecular flexibility index (Phi) is 5.17. The van der Waals surface area contributed by atoms with Crippen LogP contribution in [0.1, 0.15) is 35.4 Å². The second kappa shape index (κ2) is 7.66. The SMILES string of the molecule is C=C(O)c1cccnc1NC(=O)N1C[C@H]2C[C@@H](c3ccccc3C(F)(F)F)C[C@H]2C1. The van der Waals surface area contributed by atoms with Crippen molar-refractivity contribution in [2.24, 2.45) is 11.8 Å². The van der Waals surface area contributed by atoms with Crippen molar-refractivity contribution in [2.75, 3.05) is 18.4 Å². The maximum absolute atomic E-state index is 13.4. The van der Waals surface area contributed by atoms with E-state index in [1.54, 1.807) is 29.2 Å². The molecule has 5 nitrogen and oxygen atoms in total. The van der Waals surface area contributed by atoms with Gasteiger partial charge in [0.15, 0.2) is 0 Å². The average molecular weight is 417 g/mol. The highest BCUT2D eigenvalue weighted by Gasteiger charge is 2.45. The van der Waals surface area contributed by atoms with Crippen molar-refractivity contribution in [3.8, 4) is 0 Å². The third kappa shape index (κ3) is 3.86. The van der Waals surface area contributed by atoms with Gasteiger partial charge in [-0.05, 0) is 54.4 Å². The number of anilines is 1. The molecule has 1 saturated carbocycles. The molecule has 1 saturated heterocycles. The Bertz CT molecular complexity index is 962. The van der Waals surface area contributed by atoms with E-state index in [0.29, 0.717) is 37.1 Å². The number of fused-ring (bicyclic) bond motifs is 1. The van der Waals surface area contributed by atoms with Crippen LogP contribution in [0.25, 0.3) is 5.76 Å². The Morgan fingerprint density at radius 2 is 1.80 bits per heavy atom. The van der Waals surface area contributed by atoms with Crippen molar-refractivity contribution < 1.29 is 23.1 Å². The van der Waals surface area contributed by atoms with Crippen molar-refractivity contribution in [1.29, 1.82) is 0 Å². The minimum Gasteiger partial charge on any atom is -0.508 e. The molecule has 2 fully saturated rings. The van der Waals surface area contributed by atoms with Gasteiger partial charge in [-0.2, -0.15) is 13.2 Å². The molecule has 1 aliphatic carbocycles. The van der Waals surface area contributed by atoms with Crippen LogP contribution in [0.3, 0.4) is 0 Å². The van der Waals surface area contributed by atoms with E-state index in [2.05, 4.69) is 16.9 Å². The normalized spacial score (nSPS) is 23.3. The number of nitrogens with zero attached hydrogens (tertiary/aromatic N) is 2. The number of aromatic nitrogens is 1. The average Bonchev–Trinajstić information content (AvgIpc) is 3.27. The summed E-state index contributed by atoms with van der Waals surface area (Å²) < 4.78 is 40.1. The van der Waals surface area contributed by atoms with Gasteiger partial charge in [0.1, 0.15) is 11.6 Å². The van der Waals surface area contributed by atoms with Gasteiger partial charge >= 0.3 is 12.2 Å². The summed E-state index contributed by atoms with van der Waals surface area (Å²) in [4.78, 5) is 18.4. The predicted octanol–water partition coefficient (Wildman–Crippen LogP) is 5.29. The van der Waals surface area contributed by atoms with Crippen LogP contribution in [-0.2, 0) is 6.18 Å². The molecule has 0 bridgehead atoms. The number of nitrogens with one attached hydrogen (secondary N) is 1. The molecule has 2 aliphatic rings. The summed E-state index contributed by atoms with van der Waals surface area (Å²) in [5.41, 5.74) is 0.139. The van der Waals surface area contributed by atoms with Crippen LogP contribution >= 0.6 is 0 Å². The quantitative estimate of drug-likeness (QED) is 0.668. The zero-order valence-corrected chi connectivity index (χ0v) is 16.2. The molecule has 1 aliphatic heterocycles. The molecule has 1 aromatic heterocycles. The van der Waals surface area contributed by atoms with Gasteiger partial charge in [0, 0.05) is 19.3 Å². The van der Waals surface area contributed by atoms with Gasteiger partial charge in [-0.15, -0.1) is 0 Å². The van der Waals surface area contributed by atoms with Crippen LogP contribution < -0.4 is 5.32 Å². The molecule has 30 heavy (non-hydrogen) atoms. The molecule has 2 aromatic rings. The molecular weight excluding hydrogens is 395 g/mol. The molecule has 4 rings (SSSR count). The van der Waals surface area contributed by atoms with E-state index in [0.717, 1.165) is 6.07 Å². The Hall–Kier alpha value is -3.03. The first-order valence-corrected chi connectivity index (χ1v) is 9.79. The number of carbonyl (C=O) groups excluding carboxylic acids is 1. The third-order valence-electron chi connectivity index (χ3n) is 6.09. The van der Waals surface area contributed by atoms with E-state index in [-0.39, 0.29) is 35.4 Å². The lowest BCUT2D eigenvalue weighted by atomic mass is 9.91. The second-order valence-corrected chi connectivity index (χ2v) is 7.95. The molecule has 0 unspecified atom stereocenters. The summed E-state index contributed by atoms with van der Waals surface area (Å²) in [6.07, 6.45) is -1.60. The van der Waals surface area contributed by atoms with E-state index < -0.39 is 11.7 Å². The Balaban J connectivity index is 1.42. The van der Waals surface area contributed by atoms with Gasteiger partial charge in [0.05, 0.1) is 11.1 Å². The number of urea groups is 1. The molecule has 3 atom stereocenters. The van der Waals surface area contributed by atoms with Crippen LogP contribution in [0.5, 0.6) is 0 Å². The molecule has 2 N–H and O–H groups in total. The van der Waals surface area contributed by atoms with Crippen molar-refractivity contribution in [1.82, 2.24) is 9.88 Å². The zero-order chi connectivity index (χ0) is 21.5. The lowest BCUT2D eigenvalue weighted by Crippen LogP contribution is -2.34. The Morgan fingerprint density at radius 1 is 1.13 bits per heavy atom. The van der Waals surface area contributed by atoms with Crippen molar-refractivity contribution in [3.63, 3.8) is 0 Å². The van der Waals surface area contributed by atoms with E-state index >= 15 is 0 Å². The maximum Gasteiger partial charge on any atom is 0.416 e. The van der Waals surface area contributed by atoms with Gasteiger partial charge in [0.2, 0.25) is 0 Å². The van der Waals surface area contributed by atoms with Crippen LogP contribution in [0, 0.1) is 11.8 Å². The summed E-state index contributed by atoms with van der Waals surface area (Å²) in [5, 5.41) is 12.4. The number of hydrogen-bond acceptors (Lipinski definition) is 3. The second-order valence-electron chi connectivity index (χ2n) is 7.95. The van der Waals surface area contributed by atoms with Gasteiger partial charge in [-0.25, -0.2) is 9.78 Å². The fraction of sp³-hybridized carbons (Fsp3) is 0.364. The molecule has 0 radical (unpaired) electrons. The summed E-state index contributed by atoms with van der Waals surface area (Å²) in [7, 11) is 0.